The molecule has 0 aliphatic heterocycles. The van der Waals surface area contributed by atoms with E-state index in [1.165, 1.54) is 0 Å². The lowest BCUT2D eigenvalue weighted by atomic mass is 9.93. The van der Waals surface area contributed by atoms with Crippen molar-refractivity contribution in [2.24, 2.45) is 21.7 Å². The van der Waals surface area contributed by atoms with Crippen molar-refractivity contribution in [3.8, 4) is 0 Å². The molecule has 0 saturated carbocycles. The third kappa shape index (κ3) is 64.4. The summed E-state index contributed by atoms with van der Waals surface area (Å²) in [6.07, 6.45) is 6.21. The second kappa shape index (κ2) is 46.3. The average molecular weight is 1080 g/mol. The lowest BCUT2D eigenvalue weighted by molar-refractivity contribution is -0.145. The highest BCUT2D eigenvalue weighted by molar-refractivity contribution is 7.99. The molecule has 0 aromatic heterocycles. The van der Waals surface area contributed by atoms with Gasteiger partial charge in [-0.1, -0.05) is 83.1 Å². The second-order valence-electron chi connectivity index (χ2n) is 23.5. The number of unbranched alkanes of at least 4 members (excludes halogenated alkanes) is 2. The molecule has 0 bridgehead atoms. The highest BCUT2D eigenvalue weighted by Crippen LogP contribution is 2.19. The molecule has 2 atom stereocenters. The van der Waals surface area contributed by atoms with Crippen LogP contribution in [0.1, 0.15) is 147 Å². The van der Waals surface area contributed by atoms with Crippen molar-refractivity contribution in [2.45, 2.75) is 160 Å². The largest absolute Gasteiger partial charge is 0.466 e. The first-order chi connectivity index (χ1) is 34.3. The fourth-order valence-electron chi connectivity index (χ4n) is 5.89. The van der Waals surface area contributed by atoms with Crippen LogP contribution in [0.25, 0.3) is 0 Å². The Kier molecular flexibility index (Phi) is 46.5. The number of rotatable bonds is 45. The zero-order valence-corrected chi connectivity index (χ0v) is 49.9. The maximum Gasteiger partial charge on any atom is 0.305 e. The van der Waals surface area contributed by atoms with Gasteiger partial charge in [-0.15, -0.1) is 0 Å². The molecule has 0 aromatic carbocycles. The summed E-state index contributed by atoms with van der Waals surface area (Å²) in [6, 6.07) is 0. The minimum Gasteiger partial charge on any atom is -0.466 e. The van der Waals surface area contributed by atoms with Crippen LogP contribution in [0, 0.1) is 21.7 Å². The summed E-state index contributed by atoms with van der Waals surface area (Å²) in [5.74, 6) is 3.25. The number of hydrogen-bond acceptors (Lipinski definition) is 17. The third-order valence-corrected chi connectivity index (χ3v) is 12.3. The molecule has 0 aromatic rings. The lowest BCUT2D eigenvalue weighted by Gasteiger charge is -2.20. The number of esters is 2. The van der Waals surface area contributed by atoms with Gasteiger partial charge >= 0.3 is 11.9 Å². The van der Waals surface area contributed by atoms with Gasteiger partial charge in [0, 0.05) is 116 Å². The molecule has 0 aliphatic rings. The molecule has 0 rings (SSSR count). The van der Waals surface area contributed by atoms with E-state index in [-0.39, 0.29) is 45.4 Å². The molecule has 0 saturated heterocycles. The molecule has 0 heterocycles. The Balaban J connectivity index is 0. The van der Waals surface area contributed by atoms with Crippen molar-refractivity contribution in [1.82, 2.24) is 37.2 Å². The van der Waals surface area contributed by atoms with Gasteiger partial charge in [-0.3, -0.25) is 19.2 Å². The summed E-state index contributed by atoms with van der Waals surface area (Å²) in [4.78, 5) is 47.4. The standard InChI is InChI=1S/C32H61N3O6S2.C22H50N4O4/c1-31(2,3)15-21-40-29(38)11-7-9-23-42-25-13-27(36)34-19-17-33-18-20-35-28(37)14-26-43-24-10-8-12-30(39)41-22-16-32(4,5)6;1-21(2,3)17-29-15-19(27)13-25-11-9-23-7-8-24-10-12-26-14-20(28)16-30-18-22(4,5)6/h33H,7-26H2,1-6H3,(H,34,36)(H,35,37);19-20,23-28H,7-18H2,1-6H3. The summed E-state index contributed by atoms with van der Waals surface area (Å²) >= 11 is 3.47. The quantitative estimate of drug-likeness (QED) is 0.0269. The van der Waals surface area contributed by atoms with Crippen molar-refractivity contribution >= 4 is 47.3 Å². The number of thioether (sulfide) groups is 2. The second-order valence-corrected chi connectivity index (χ2v) is 26.0. The van der Waals surface area contributed by atoms with E-state index in [4.69, 9.17) is 18.9 Å². The Bertz CT molecular complexity index is 1250. The Morgan fingerprint density at radius 2 is 0.753 bits per heavy atom. The Morgan fingerprint density at radius 3 is 1.08 bits per heavy atom. The maximum atomic E-state index is 12.0. The number of hydrogen-bond donors (Lipinski definition) is 9. The van der Waals surface area contributed by atoms with Gasteiger partial charge in [0.25, 0.3) is 0 Å². The molecule has 9 N–H and O–H groups in total. The molecule has 17 nitrogen and oxygen atoms in total. The number of ether oxygens (including phenoxy) is 4. The van der Waals surface area contributed by atoms with Crippen molar-refractivity contribution in [2.75, 3.05) is 141 Å². The minimum atomic E-state index is -0.468. The van der Waals surface area contributed by atoms with E-state index >= 15 is 0 Å². The average Bonchev–Trinajstić information content (AvgIpc) is 3.26. The van der Waals surface area contributed by atoms with Gasteiger partial charge in [0.1, 0.15) is 0 Å². The number of aliphatic hydroxyl groups is 2. The molecule has 73 heavy (non-hydrogen) atoms. The third-order valence-electron chi connectivity index (χ3n) is 10.2. The van der Waals surface area contributed by atoms with Crippen LogP contribution >= 0.6 is 23.5 Å². The number of aliphatic hydroxyl groups excluding tert-OH is 2. The van der Waals surface area contributed by atoms with E-state index in [9.17, 15) is 29.4 Å². The summed E-state index contributed by atoms with van der Waals surface area (Å²) in [5.41, 5.74) is 0.605. The fourth-order valence-corrected chi connectivity index (χ4v) is 7.77. The van der Waals surface area contributed by atoms with Crippen molar-refractivity contribution < 1.29 is 48.3 Å². The summed E-state index contributed by atoms with van der Waals surface area (Å²) in [7, 11) is 0. The summed E-state index contributed by atoms with van der Waals surface area (Å²) in [5, 5.41) is 41.9. The zero-order chi connectivity index (χ0) is 55.3. The smallest absolute Gasteiger partial charge is 0.305 e. The van der Waals surface area contributed by atoms with Gasteiger partial charge < -0.3 is 66.4 Å². The van der Waals surface area contributed by atoms with Gasteiger partial charge in [-0.05, 0) is 71.7 Å². The van der Waals surface area contributed by atoms with Gasteiger partial charge in [0.15, 0.2) is 0 Å². The Hall–Kier alpha value is -1.78. The number of carbonyl (C=O) groups is 4. The molecule has 0 spiro atoms. The number of nitrogens with one attached hydrogen (secondary N) is 7. The van der Waals surface area contributed by atoms with E-state index in [0.717, 1.165) is 101 Å². The van der Waals surface area contributed by atoms with Crippen LogP contribution in [0.4, 0.5) is 0 Å². The zero-order valence-electron chi connectivity index (χ0n) is 48.3. The molecule has 0 fully saturated rings. The monoisotopic (exact) mass is 1080 g/mol. The SMILES string of the molecule is CC(C)(C)CCOC(=O)CCCCSCCC(=O)NCCNCCNC(=O)CCSCCCCC(=O)OCCC(C)(C)C.CC(C)(C)COCC(O)CNCCNCCNCCNCC(O)COCC(C)(C)C. The topological polar surface area (TPSA) is 230 Å². The minimum absolute atomic E-state index is 0.0403. The lowest BCUT2D eigenvalue weighted by Crippen LogP contribution is -2.38. The van der Waals surface area contributed by atoms with E-state index < -0.39 is 12.2 Å². The van der Waals surface area contributed by atoms with E-state index in [1.807, 2.05) is 0 Å². The van der Waals surface area contributed by atoms with Crippen LogP contribution in [0.15, 0.2) is 0 Å². The summed E-state index contributed by atoms with van der Waals surface area (Å²) in [6.45, 7) is 37.1. The molecular formula is C54H111N7O10S2. The van der Waals surface area contributed by atoms with Crippen LogP contribution < -0.4 is 37.2 Å². The van der Waals surface area contributed by atoms with Crippen LogP contribution in [-0.4, -0.2) is 187 Å². The molecule has 19 heteroatoms. The van der Waals surface area contributed by atoms with E-state index in [0.29, 0.717) is 105 Å². The van der Waals surface area contributed by atoms with Crippen molar-refractivity contribution in [3.05, 3.63) is 0 Å². The van der Waals surface area contributed by atoms with Crippen molar-refractivity contribution in [1.29, 1.82) is 0 Å². The van der Waals surface area contributed by atoms with Crippen LogP contribution in [-0.2, 0) is 38.1 Å². The first-order valence-corrected chi connectivity index (χ1v) is 29.6. The molecule has 0 radical (unpaired) electrons. The van der Waals surface area contributed by atoms with Gasteiger partial charge in [0.05, 0.1) is 51.8 Å². The van der Waals surface area contributed by atoms with Gasteiger partial charge in [-0.25, -0.2) is 0 Å². The predicted molar refractivity (Wildman–Crippen MR) is 305 cm³/mol. The van der Waals surface area contributed by atoms with Crippen molar-refractivity contribution in [3.63, 3.8) is 0 Å². The summed E-state index contributed by atoms with van der Waals surface area (Å²) < 4.78 is 21.6. The van der Waals surface area contributed by atoms with Gasteiger partial charge in [0.2, 0.25) is 11.8 Å². The molecule has 2 unspecified atom stereocenters. The molecular weight excluding hydrogens is 971 g/mol. The van der Waals surface area contributed by atoms with E-state index in [2.05, 4.69) is 120 Å². The normalized spacial score (nSPS) is 13.0. The number of amides is 2. The van der Waals surface area contributed by atoms with E-state index in [1.54, 1.807) is 23.5 Å². The number of carbonyl (C=O) groups excluding carboxylic acids is 4. The molecule has 0 aliphatic carbocycles. The first kappa shape index (κ1) is 73.3. The Labute approximate surface area is 453 Å². The van der Waals surface area contributed by atoms with Crippen LogP contribution in [0.2, 0.25) is 0 Å². The highest BCUT2D eigenvalue weighted by atomic mass is 32.2. The predicted octanol–water partition coefficient (Wildman–Crippen LogP) is 5.55. The Morgan fingerprint density at radius 1 is 0.425 bits per heavy atom. The molecule has 2 amide bonds. The fraction of sp³-hybridized carbons (Fsp3) is 0.926. The highest BCUT2D eigenvalue weighted by Gasteiger charge is 2.15. The molecule has 434 valence electrons. The van der Waals surface area contributed by atoms with Gasteiger partial charge in [-0.2, -0.15) is 23.5 Å². The van der Waals surface area contributed by atoms with Crippen LogP contribution in [0.3, 0.4) is 0 Å². The van der Waals surface area contributed by atoms with Crippen LogP contribution in [0.5, 0.6) is 0 Å². The maximum absolute atomic E-state index is 12.0. The first-order valence-electron chi connectivity index (χ1n) is 27.3.